The lowest BCUT2D eigenvalue weighted by atomic mass is 9.96. The lowest BCUT2D eigenvalue weighted by Gasteiger charge is -2.32. The Morgan fingerprint density at radius 1 is 1.09 bits per heavy atom. The molecule has 2 aromatic heterocycles. The van der Waals surface area contributed by atoms with E-state index in [1.54, 1.807) is 41.5 Å². The first-order valence-corrected chi connectivity index (χ1v) is 13.4. The zero-order chi connectivity index (χ0) is 23.7. The number of sulfonamides is 1. The molecule has 176 valence electrons. The van der Waals surface area contributed by atoms with E-state index in [4.69, 9.17) is 4.42 Å². The number of carbonyl (C=O) groups excluding carboxylic acids is 1. The van der Waals surface area contributed by atoms with Gasteiger partial charge in [0, 0.05) is 19.0 Å². The number of anilines is 1. The molecular weight excluding hydrogens is 470 g/mol. The van der Waals surface area contributed by atoms with Crippen LogP contribution in [0.5, 0.6) is 0 Å². The Morgan fingerprint density at radius 3 is 2.50 bits per heavy atom. The van der Waals surface area contributed by atoms with Gasteiger partial charge in [-0.1, -0.05) is 41.2 Å². The maximum Gasteiger partial charge on any atom is 0.243 e. The molecule has 1 saturated heterocycles. The summed E-state index contributed by atoms with van der Waals surface area (Å²) in [6, 6.07) is 18.3. The molecule has 0 bridgehead atoms. The van der Waals surface area contributed by atoms with Crippen LogP contribution in [-0.2, 0) is 21.4 Å². The predicted molar refractivity (Wildman–Crippen MR) is 132 cm³/mol. The average Bonchev–Trinajstić information content (AvgIpc) is 3.52. The number of furan rings is 1. The lowest BCUT2D eigenvalue weighted by Crippen LogP contribution is -2.44. The van der Waals surface area contributed by atoms with Crippen molar-refractivity contribution in [3.8, 4) is 0 Å². The van der Waals surface area contributed by atoms with Gasteiger partial charge in [0.15, 0.2) is 5.13 Å². The predicted octanol–water partition coefficient (Wildman–Crippen LogP) is 4.83. The number of nitrogens with zero attached hydrogens (tertiary/aromatic N) is 3. The molecule has 0 unspecified atom stereocenters. The highest BCUT2D eigenvalue weighted by atomic mass is 32.2. The van der Waals surface area contributed by atoms with Crippen molar-refractivity contribution in [1.29, 1.82) is 0 Å². The third-order valence-corrected chi connectivity index (χ3v) is 9.11. The van der Waals surface area contributed by atoms with Crippen molar-refractivity contribution in [2.45, 2.75) is 31.2 Å². The summed E-state index contributed by atoms with van der Waals surface area (Å²) in [5.74, 6) is 0.335. The molecule has 0 radical (unpaired) electrons. The third-order valence-electron chi connectivity index (χ3n) is 6.14. The summed E-state index contributed by atoms with van der Waals surface area (Å²) in [5, 5.41) is 0.623. The fourth-order valence-corrected chi connectivity index (χ4v) is 6.64. The Kier molecular flexibility index (Phi) is 6.24. The van der Waals surface area contributed by atoms with Crippen LogP contribution < -0.4 is 4.90 Å². The molecule has 0 spiro atoms. The number of amides is 1. The van der Waals surface area contributed by atoms with Gasteiger partial charge in [-0.25, -0.2) is 13.4 Å². The van der Waals surface area contributed by atoms with E-state index in [1.165, 1.54) is 15.6 Å². The molecule has 1 fully saturated rings. The van der Waals surface area contributed by atoms with Crippen molar-refractivity contribution in [3.63, 3.8) is 0 Å². The Bertz CT molecular complexity index is 1350. The lowest BCUT2D eigenvalue weighted by molar-refractivity contribution is -0.123. The third kappa shape index (κ3) is 4.51. The SMILES string of the molecule is Cc1ccc(S(=O)(=O)N2CCC(C(=O)N(Cc3ccco3)c3nc4ccccc4s3)CC2)cc1. The van der Waals surface area contributed by atoms with Gasteiger partial charge in [0.2, 0.25) is 15.9 Å². The second-order valence-corrected chi connectivity index (χ2v) is 11.4. The number of rotatable bonds is 6. The van der Waals surface area contributed by atoms with Crippen LogP contribution in [0.4, 0.5) is 5.13 Å². The number of hydrogen-bond donors (Lipinski definition) is 0. The molecule has 2 aromatic carbocycles. The molecule has 5 rings (SSSR count). The summed E-state index contributed by atoms with van der Waals surface area (Å²) in [4.78, 5) is 20.3. The molecule has 0 saturated carbocycles. The van der Waals surface area contributed by atoms with E-state index in [1.807, 2.05) is 37.3 Å². The number of hydrogen-bond acceptors (Lipinski definition) is 6. The van der Waals surface area contributed by atoms with Crippen LogP contribution in [-0.4, -0.2) is 36.7 Å². The Hall–Kier alpha value is -3.01. The molecule has 0 atom stereocenters. The maximum absolute atomic E-state index is 13.6. The van der Waals surface area contributed by atoms with Crippen molar-refractivity contribution in [1.82, 2.24) is 9.29 Å². The van der Waals surface area contributed by atoms with Crippen molar-refractivity contribution < 1.29 is 17.6 Å². The zero-order valence-electron chi connectivity index (χ0n) is 18.8. The second-order valence-electron chi connectivity index (χ2n) is 8.46. The van der Waals surface area contributed by atoms with Gasteiger partial charge in [-0.3, -0.25) is 9.69 Å². The van der Waals surface area contributed by atoms with E-state index in [0.717, 1.165) is 15.8 Å². The Morgan fingerprint density at radius 2 is 1.82 bits per heavy atom. The van der Waals surface area contributed by atoms with Crippen molar-refractivity contribution in [2.24, 2.45) is 5.92 Å². The summed E-state index contributed by atoms with van der Waals surface area (Å²) in [6.45, 7) is 2.82. The average molecular weight is 496 g/mol. The molecule has 7 nitrogen and oxygen atoms in total. The highest BCUT2D eigenvalue weighted by molar-refractivity contribution is 7.89. The highest BCUT2D eigenvalue weighted by Crippen LogP contribution is 2.33. The molecular formula is C25H25N3O4S2. The molecule has 0 N–H and O–H groups in total. The molecule has 9 heteroatoms. The number of para-hydroxylation sites is 1. The second kappa shape index (κ2) is 9.32. The molecule has 0 aliphatic carbocycles. The van der Waals surface area contributed by atoms with E-state index < -0.39 is 10.0 Å². The van der Waals surface area contributed by atoms with E-state index in [9.17, 15) is 13.2 Å². The van der Waals surface area contributed by atoms with Crippen molar-refractivity contribution >= 4 is 42.6 Å². The summed E-state index contributed by atoms with van der Waals surface area (Å²) < 4.78 is 34.1. The summed E-state index contributed by atoms with van der Waals surface area (Å²) in [7, 11) is -3.58. The number of piperidine rings is 1. The Labute approximate surface area is 202 Å². The fourth-order valence-electron chi connectivity index (χ4n) is 4.20. The van der Waals surface area contributed by atoms with Gasteiger partial charge in [-0.2, -0.15) is 4.31 Å². The van der Waals surface area contributed by atoms with Gasteiger partial charge in [0.05, 0.1) is 27.9 Å². The number of carbonyl (C=O) groups is 1. The quantitative estimate of drug-likeness (QED) is 0.383. The molecule has 3 heterocycles. The topological polar surface area (TPSA) is 83.7 Å². The van der Waals surface area contributed by atoms with Gasteiger partial charge in [-0.05, 0) is 56.2 Å². The first-order chi connectivity index (χ1) is 16.4. The van der Waals surface area contributed by atoms with Gasteiger partial charge in [-0.15, -0.1) is 0 Å². The molecule has 34 heavy (non-hydrogen) atoms. The number of aromatic nitrogens is 1. The van der Waals surface area contributed by atoms with Crippen LogP contribution in [0.25, 0.3) is 10.2 Å². The minimum Gasteiger partial charge on any atom is -0.467 e. The van der Waals surface area contributed by atoms with Crippen LogP contribution in [0.3, 0.4) is 0 Å². The van der Waals surface area contributed by atoms with Crippen molar-refractivity contribution in [2.75, 3.05) is 18.0 Å². The smallest absolute Gasteiger partial charge is 0.243 e. The normalized spacial score (nSPS) is 15.6. The minimum atomic E-state index is -3.58. The first kappa shape index (κ1) is 22.8. The van der Waals surface area contributed by atoms with Crippen LogP contribution in [0.1, 0.15) is 24.2 Å². The van der Waals surface area contributed by atoms with Gasteiger partial charge in [0.25, 0.3) is 0 Å². The van der Waals surface area contributed by atoms with E-state index in [2.05, 4.69) is 4.98 Å². The first-order valence-electron chi connectivity index (χ1n) is 11.2. The van der Waals surface area contributed by atoms with Gasteiger partial charge < -0.3 is 4.42 Å². The number of benzene rings is 2. The van der Waals surface area contributed by atoms with Crippen molar-refractivity contribution in [3.05, 3.63) is 78.3 Å². The van der Waals surface area contributed by atoms with Crippen LogP contribution in [0.2, 0.25) is 0 Å². The van der Waals surface area contributed by atoms with Crippen LogP contribution >= 0.6 is 11.3 Å². The molecule has 1 aliphatic heterocycles. The minimum absolute atomic E-state index is 0.0529. The van der Waals surface area contributed by atoms with Gasteiger partial charge in [0.1, 0.15) is 5.76 Å². The van der Waals surface area contributed by atoms with Crippen LogP contribution in [0, 0.1) is 12.8 Å². The van der Waals surface area contributed by atoms with Gasteiger partial charge >= 0.3 is 0 Å². The summed E-state index contributed by atoms with van der Waals surface area (Å²) in [6.07, 6.45) is 2.51. The number of thiazole rings is 1. The number of fused-ring (bicyclic) bond motifs is 1. The maximum atomic E-state index is 13.6. The monoisotopic (exact) mass is 495 g/mol. The standard InChI is InChI=1S/C25H25N3O4S2/c1-18-8-10-21(11-9-18)34(30,31)27-14-12-19(13-15-27)24(29)28(17-20-5-4-16-32-20)25-26-22-6-2-3-7-23(22)33-25/h2-11,16,19H,12-15,17H2,1H3. The largest absolute Gasteiger partial charge is 0.467 e. The van der Waals surface area contributed by atoms with Crippen LogP contribution in [0.15, 0.2) is 76.2 Å². The fraction of sp³-hybridized carbons (Fsp3) is 0.280. The summed E-state index contributed by atoms with van der Waals surface area (Å²) >= 11 is 1.47. The van der Waals surface area contributed by atoms with E-state index in [0.29, 0.717) is 36.8 Å². The highest BCUT2D eigenvalue weighted by Gasteiger charge is 2.35. The molecule has 4 aromatic rings. The molecule has 1 aliphatic rings. The summed E-state index contributed by atoms with van der Waals surface area (Å²) in [5.41, 5.74) is 1.86. The van der Waals surface area contributed by atoms with E-state index in [-0.39, 0.29) is 23.3 Å². The Balaban J connectivity index is 1.34. The number of aryl methyl sites for hydroxylation is 1. The molecule has 1 amide bonds. The van der Waals surface area contributed by atoms with E-state index >= 15 is 0 Å². The zero-order valence-corrected chi connectivity index (χ0v) is 20.4.